The standard InChI is InChI=1S/C27H28N2O/c1-17-8-11-21(12-9-17)25-23-7-5-6-14-28-24(22-13-10-18(2)19(3)15-22)16-29(27(23)28)26(25)20(4)30/h8-13,15-16H,5-7,14H2,1-4H3. The van der Waals surface area contributed by atoms with E-state index in [1.807, 2.05) is 0 Å². The molecule has 2 aromatic carbocycles. The molecule has 2 aromatic heterocycles. The normalized spacial score (nSPS) is 13.6. The summed E-state index contributed by atoms with van der Waals surface area (Å²) in [4.78, 5) is 12.9. The average Bonchev–Trinajstić information content (AvgIpc) is 3.13. The van der Waals surface area contributed by atoms with Crippen LogP contribution in [0.4, 0.5) is 0 Å². The molecule has 0 spiro atoms. The number of ketones is 1. The van der Waals surface area contributed by atoms with E-state index in [2.05, 4.69) is 78.4 Å². The van der Waals surface area contributed by atoms with Gasteiger partial charge in [0.1, 0.15) is 5.65 Å². The third kappa shape index (κ3) is 2.84. The maximum Gasteiger partial charge on any atom is 0.177 e. The minimum atomic E-state index is 0.121. The Morgan fingerprint density at radius 2 is 1.63 bits per heavy atom. The highest BCUT2D eigenvalue weighted by molar-refractivity contribution is 6.03. The molecule has 30 heavy (non-hydrogen) atoms. The highest BCUT2D eigenvalue weighted by Crippen LogP contribution is 2.39. The van der Waals surface area contributed by atoms with Gasteiger partial charge >= 0.3 is 0 Å². The highest BCUT2D eigenvalue weighted by atomic mass is 16.1. The molecule has 0 N–H and O–H groups in total. The lowest BCUT2D eigenvalue weighted by molar-refractivity contribution is 0.101. The fourth-order valence-electron chi connectivity index (χ4n) is 4.89. The van der Waals surface area contributed by atoms with E-state index in [4.69, 9.17) is 0 Å². The first-order chi connectivity index (χ1) is 14.5. The lowest BCUT2D eigenvalue weighted by Gasteiger charge is -2.10. The molecule has 0 fully saturated rings. The summed E-state index contributed by atoms with van der Waals surface area (Å²) in [5.74, 6) is 0.121. The van der Waals surface area contributed by atoms with E-state index in [1.54, 1.807) is 6.92 Å². The molecule has 4 aromatic rings. The molecule has 0 saturated heterocycles. The van der Waals surface area contributed by atoms with Crippen LogP contribution in [-0.4, -0.2) is 14.8 Å². The van der Waals surface area contributed by atoms with Gasteiger partial charge in [-0.25, -0.2) is 0 Å². The van der Waals surface area contributed by atoms with Crippen molar-refractivity contribution in [2.75, 3.05) is 0 Å². The Balaban J connectivity index is 1.84. The molecule has 0 aliphatic carbocycles. The minimum Gasteiger partial charge on any atom is -0.325 e. The Kier molecular flexibility index (Phi) is 4.43. The fraction of sp³-hybridized carbons (Fsp3) is 0.296. The number of benzene rings is 2. The number of carbonyl (C=O) groups is 1. The number of hydrogen-bond donors (Lipinski definition) is 0. The highest BCUT2D eigenvalue weighted by Gasteiger charge is 2.28. The first-order valence-corrected chi connectivity index (χ1v) is 10.9. The summed E-state index contributed by atoms with van der Waals surface area (Å²) in [7, 11) is 0. The van der Waals surface area contributed by atoms with Gasteiger partial charge in [-0.15, -0.1) is 0 Å². The van der Waals surface area contributed by atoms with Crippen LogP contribution in [0.25, 0.3) is 28.0 Å². The van der Waals surface area contributed by atoms with Crippen molar-refractivity contribution in [1.29, 1.82) is 0 Å². The average molecular weight is 397 g/mol. The Labute approximate surface area is 178 Å². The second-order valence-corrected chi connectivity index (χ2v) is 8.74. The third-order valence-electron chi connectivity index (χ3n) is 6.61. The number of imidazole rings is 1. The minimum absolute atomic E-state index is 0.121. The summed E-state index contributed by atoms with van der Waals surface area (Å²) in [6, 6.07) is 15.3. The Morgan fingerprint density at radius 1 is 0.900 bits per heavy atom. The largest absolute Gasteiger partial charge is 0.325 e. The summed E-state index contributed by atoms with van der Waals surface area (Å²) < 4.78 is 4.61. The molecular weight excluding hydrogens is 368 g/mol. The Bertz CT molecular complexity index is 1290. The quantitative estimate of drug-likeness (QED) is 0.361. The Hall–Kier alpha value is -3.07. The monoisotopic (exact) mass is 396 g/mol. The van der Waals surface area contributed by atoms with E-state index in [9.17, 15) is 4.79 Å². The van der Waals surface area contributed by atoms with Crippen molar-refractivity contribution in [3.63, 3.8) is 0 Å². The van der Waals surface area contributed by atoms with Crippen molar-refractivity contribution >= 4 is 11.4 Å². The number of carbonyl (C=O) groups excluding carboxylic acids is 1. The van der Waals surface area contributed by atoms with Crippen LogP contribution in [0.1, 0.15) is 52.5 Å². The van der Waals surface area contributed by atoms with Crippen molar-refractivity contribution in [3.8, 4) is 22.4 Å². The van der Waals surface area contributed by atoms with Crippen molar-refractivity contribution in [3.05, 3.63) is 76.6 Å². The van der Waals surface area contributed by atoms with Gasteiger partial charge in [0.2, 0.25) is 0 Å². The van der Waals surface area contributed by atoms with Crippen LogP contribution in [0.5, 0.6) is 0 Å². The topological polar surface area (TPSA) is 26.4 Å². The van der Waals surface area contributed by atoms with Gasteiger partial charge in [0, 0.05) is 30.8 Å². The van der Waals surface area contributed by atoms with E-state index in [1.165, 1.54) is 39.2 Å². The molecule has 3 heterocycles. The molecule has 1 aliphatic rings. The zero-order valence-electron chi connectivity index (χ0n) is 18.2. The van der Waals surface area contributed by atoms with E-state index in [0.717, 1.165) is 42.6 Å². The Morgan fingerprint density at radius 3 is 2.33 bits per heavy atom. The molecule has 0 saturated carbocycles. The second-order valence-electron chi connectivity index (χ2n) is 8.74. The van der Waals surface area contributed by atoms with Gasteiger partial charge in [0.05, 0.1) is 11.4 Å². The molecule has 3 heteroatoms. The molecule has 1 aliphatic heterocycles. The summed E-state index contributed by atoms with van der Waals surface area (Å²) in [5, 5.41) is 0. The van der Waals surface area contributed by atoms with E-state index in [-0.39, 0.29) is 5.78 Å². The van der Waals surface area contributed by atoms with Crippen LogP contribution < -0.4 is 0 Å². The molecule has 152 valence electrons. The van der Waals surface area contributed by atoms with Gasteiger partial charge in [-0.05, 0) is 68.4 Å². The first kappa shape index (κ1) is 18.9. The van der Waals surface area contributed by atoms with Crippen molar-refractivity contribution in [1.82, 2.24) is 8.97 Å². The van der Waals surface area contributed by atoms with E-state index in [0.29, 0.717) is 0 Å². The summed E-state index contributed by atoms with van der Waals surface area (Å²) in [6.07, 6.45) is 5.49. The van der Waals surface area contributed by atoms with Gasteiger partial charge in [0.25, 0.3) is 0 Å². The van der Waals surface area contributed by atoms with Crippen LogP contribution in [-0.2, 0) is 13.0 Å². The van der Waals surface area contributed by atoms with Gasteiger partial charge < -0.3 is 4.57 Å². The number of aryl methyl sites for hydroxylation is 5. The lowest BCUT2D eigenvalue weighted by atomic mass is 9.96. The van der Waals surface area contributed by atoms with E-state index < -0.39 is 0 Å². The molecule has 3 nitrogen and oxygen atoms in total. The lowest BCUT2D eigenvalue weighted by Crippen LogP contribution is -2.00. The van der Waals surface area contributed by atoms with Gasteiger partial charge in [-0.3, -0.25) is 9.20 Å². The zero-order chi connectivity index (χ0) is 21.0. The van der Waals surface area contributed by atoms with Crippen LogP contribution >= 0.6 is 0 Å². The molecule has 0 radical (unpaired) electrons. The number of Topliss-reactive ketones (excluding diaryl/α,β-unsaturated/α-hetero) is 1. The molecule has 0 unspecified atom stereocenters. The predicted molar refractivity (Wildman–Crippen MR) is 123 cm³/mol. The SMILES string of the molecule is CC(=O)c1c(-c2ccc(C)cc2)c2c3n(c(-c4ccc(C)c(C)c4)cn13)CCCC2. The smallest absolute Gasteiger partial charge is 0.177 e. The maximum absolute atomic E-state index is 12.9. The van der Waals surface area contributed by atoms with Gasteiger partial charge in [-0.1, -0.05) is 42.0 Å². The van der Waals surface area contributed by atoms with Crippen LogP contribution in [0.15, 0.2) is 48.7 Å². The van der Waals surface area contributed by atoms with Crippen LogP contribution in [0, 0.1) is 20.8 Å². The van der Waals surface area contributed by atoms with Crippen LogP contribution in [0.3, 0.4) is 0 Å². The first-order valence-electron chi connectivity index (χ1n) is 10.9. The number of aromatic nitrogens is 2. The summed E-state index contributed by atoms with van der Waals surface area (Å²) in [5.41, 5.74) is 11.9. The zero-order valence-corrected chi connectivity index (χ0v) is 18.2. The number of hydrogen-bond acceptors (Lipinski definition) is 1. The maximum atomic E-state index is 12.9. The third-order valence-corrected chi connectivity index (χ3v) is 6.61. The van der Waals surface area contributed by atoms with Crippen molar-refractivity contribution < 1.29 is 4.79 Å². The molecule has 0 amide bonds. The molecule has 0 bridgehead atoms. The molecular formula is C27H28N2O. The predicted octanol–water partition coefficient (Wildman–Crippen LogP) is 6.54. The number of rotatable bonds is 3. The van der Waals surface area contributed by atoms with Crippen molar-refractivity contribution in [2.45, 2.75) is 53.5 Å². The van der Waals surface area contributed by atoms with Crippen molar-refractivity contribution in [2.24, 2.45) is 0 Å². The second kappa shape index (κ2) is 7.02. The summed E-state index contributed by atoms with van der Waals surface area (Å²) in [6.45, 7) is 9.10. The van der Waals surface area contributed by atoms with Gasteiger partial charge in [0.15, 0.2) is 5.78 Å². The molecule has 5 rings (SSSR count). The summed E-state index contributed by atoms with van der Waals surface area (Å²) >= 11 is 0. The van der Waals surface area contributed by atoms with Crippen LogP contribution in [0.2, 0.25) is 0 Å². The van der Waals surface area contributed by atoms with Gasteiger partial charge in [-0.2, -0.15) is 0 Å². The fourth-order valence-corrected chi connectivity index (χ4v) is 4.89. The molecule has 0 atom stereocenters. The van der Waals surface area contributed by atoms with E-state index >= 15 is 0 Å². The number of nitrogens with zero attached hydrogens (tertiary/aromatic N) is 2.